The lowest BCUT2D eigenvalue weighted by atomic mass is 10.1. The van der Waals surface area contributed by atoms with E-state index in [0.717, 1.165) is 16.8 Å². The molecule has 1 aliphatic rings. The first-order valence-corrected chi connectivity index (χ1v) is 9.58. The largest absolute Gasteiger partial charge is 0.381 e. The van der Waals surface area contributed by atoms with Crippen LogP contribution in [0.5, 0.6) is 0 Å². The first kappa shape index (κ1) is 17.8. The van der Waals surface area contributed by atoms with Gasteiger partial charge in [0.05, 0.1) is 18.1 Å². The van der Waals surface area contributed by atoms with E-state index in [1.807, 2.05) is 13.0 Å². The second kappa shape index (κ2) is 7.51. The van der Waals surface area contributed by atoms with Crippen molar-refractivity contribution in [3.63, 3.8) is 0 Å². The van der Waals surface area contributed by atoms with E-state index in [-0.39, 0.29) is 10.7 Å². The third-order valence-electron chi connectivity index (χ3n) is 4.19. The number of aryl methyl sites for hydroxylation is 1. The van der Waals surface area contributed by atoms with Gasteiger partial charge in [-0.25, -0.2) is 12.8 Å². The minimum atomic E-state index is -3.54. The fourth-order valence-corrected chi connectivity index (χ4v) is 4.17. The lowest BCUT2D eigenvalue weighted by molar-refractivity contribution is 0.0730. The predicted molar refractivity (Wildman–Crippen MR) is 94.5 cm³/mol. The third-order valence-corrected chi connectivity index (χ3v) is 6.08. The molecule has 0 saturated carbocycles. The molecule has 134 valence electrons. The molecule has 0 aromatic heterocycles. The zero-order valence-corrected chi connectivity index (χ0v) is 14.9. The molecule has 0 atom stereocenters. The molecule has 1 saturated heterocycles. The molecule has 0 spiro atoms. The summed E-state index contributed by atoms with van der Waals surface area (Å²) >= 11 is 0. The van der Waals surface area contributed by atoms with Gasteiger partial charge in [0, 0.05) is 25.3 Å². The Morgan fingerprint density at radius 3 is 2.64 bits per heavy atom. The molecule has 0 unspecified atom stereocenters. The lowest BCUT2D eigenvalue weighted by Gasteiger charge is -2.26. The zero-order valence-electron chi connectivity index (χ0n) is 14.0. The second-order valence-corrected chi connectivity index (χ2v) is 7.91. The first-order valence-electron chi connectivity index (χ1n) is 8.14. The fourth-order valence-electron chi connectivity index (χ4n) is 2.73. The molecule has 1 N–H and O–H groups in total. The Balaban J connectivity index is 1.80. The molecule has 0 radical (unpaired) electrons. The van der Waals surface area contributed by atoms with Crippen molar-refractivity contribution in [2.45, 2.75) is 18.4 Å². The maximum atomic E-state index is 13.3. The van der Waals surface area contributed by atoms with Crippen LogP contribution in [0.4, 0.5) is 10.1 Å². The summed E-state index contributed by atoms with van der Waals surface area (Å²) < 4.78 is 45.5. The molecule has 2 aromatic rings. The van der Waals surface area contributed by atoms with Crippen LogP contribution in [-0.2, 0) is 21.3 Å². The average molecular weight is 364 g/mol. The van der Waals surface area contributed by atoms with Gasteiger partial charge >= 0.3 is 0 Å². The zero-order chi connectivity index (χ0) is 17.9. The Morgan fingerprint density at radius 1 is 1.16 bits per heavy atom. The number of rotatable bonds is 5. The van der Waals surface area contributed by atoms with Crippen molar-refractivity contribution in [2.75, 3.05) is 31.6 Å². The number of hydrogen-bond donors (Lipinski definition) is 1. The molecular weight excluding hydrogens is 343 g/mol. The van der Waals surface area contributed by atoms with Crippen molar-refractivity contribution < 1.29 is 17.5 Å². The van der Waals surface area contributed by atoms with Crippen molar-refractivity contribution in [3.05, 3.63) is 59.4 Å². The van der Waals surface area contributed by atoms with Gasteiger partial charge in [0.1, 0.15) is 5.82 Å². The second-order valence-electron chi connectivity index (χ2n) is 5.98. The Morgan fingerprint density at radius 2 is 1.92 bits per heavy atom. The van der Waals surface area contributed by atoms with Crippen LogP contribution in [0.15, 0.2) is 47.4 Å². The third kappa shape index (κ3) is 4.18. The number of benzene rings is 2. The number of morpholine rings is 1. The number of anilines is 1. The van der Waals surface area contributed by atoms with Gasteiger partial charge in [-0.05, 0) is 42.3 Å². The molecule has 0 bridgehead atoms. The summed E-state index contributed by atoms with van der Waals surface area (Å²) in [6.45, 7) is 3.87. The van der Waals surface area contributed by atoms with E-state index in [4.69, 9.17) is 4.74 Å². The molecule has 1 fully saturated rings. The smallest absolute Gasteiger partial charge is 0.243 e. The van der Waals surface area contributed by atoms with Crippen LogP contribution < -0.4 is 5.32 Å². The minimum Gasteiger partial charge on any atom is -0.381 e. The molecule has 7 heteroatoms. The summed E-state index contributed by atoms with van der Waals surface area (Å²) in [5.74, 6) is -0.292. The Hall–Kier alpha value is -1.96. The fraction of sp³-hybridized carbons (Fsp3) is 0.333. The van der Waals surface area contributed by atoms with Crippen molar-refractivity contribution in [1.29, 1.82) is 0 Å². The topological polar surface area (TPSA) is 58.6 Å². The highest BCUT2D eigenvalue weighted by Crippen LogP contribution is 2.24. The normalized spacial score (nSPS) is 15.9. The molecule has 3 rings (SSSR count). The summed E-state index contributed by atoms with van der Waals surface area (Å²) in [5, 5.41) is 3.20. The summed E-state index contributed by atoms with van der Waals surface area (Å²) in [6.07, 6.45) is 0. The van der Waals surface area contributed by atoms with Crippen LogP contribution in [0.3, 0.4) is 0 Å². The minimum absolute atomic E-state index is 0.252. The maximum absolute atomic E-state index is 13.3. The van der Waals surface area contributed by atoms with Crippen LogP contribution in [0.25, 0.3) is 0 Å². The van der Waals surface area contributed by atoms with Crippen LogP contribution in [0.2, 0.25) is 0 Å². The van der Waals surface area contributed by atoms with Crippen LogP contribution >= 0.6 is 0 Å². The predicted octanol–water partition coefficient (Wildman–Crippen LogP) is 2.77. The highest BCUT2D eigenvalue weighted by Gasteiger charge is 2.26. The van der Waals surface area contributed by atoms with Gasteiger partial charge in [0.25, 0.3) is 0 Å². The van der Waals surface area contributed by atoms with Crippen molar-refractivity contribution in [2.24, 2.45) is 0 Å². The van der Waals surface area contributed by atoms with E-state index in [1.165, 1.54) is 16.4 Å². The van der Waals surface area contributed by atoms with Gasteiger partial charge in [-0.3, -0.25) is 0 Å². The number of nitrogens with one attached hydrogen (secondary N) is 1. The Kier molecular flexibility index (Phi) is 5.36. The van der Waals surface area contributed by atoms with Gasteiger partial charge in [0.15, 0.2) is 0 Å². The number of halogens is 1. The highest BCUT2D eigenvalue weighted by molar-refractivity contribution is 7.89. The molecule has 2 aromatic carbocycles. The molecule has 1 aliphatic heterocycles. The van der Waals surface area contributed by atoms with E-state index in [1.54, 1.807) is 24.3 Å². The number of sulfonamides is 1. The van der Waals surface area contributed by atoms with E-state index in [9.17, 15) is 12.8 Å². The number of hydrogen-bond acceptors (Lipinski definition) is 4. The van der Waals surface area contributed by atoms with Gasteiger partial charge in [0.2, 0.25) is 10.0 Å². The maximum Gasteiger partial charge on any atom is 0.243 e. The average Bonchev–Trinajstić information content (AvgIpc) is 2.61. The van der Waals surface area contributed by atoms with E-state index >= 15 is 0 Å². The van der Waals surface area contributed by atoms with Crippen molar-refractivity contribution >= 4 is 15.7 Å². The van der Waals surface area contributed by atoms with Gasteiger partial charge in [-0.2, -0.15) is 4.31 Å². The van der Waals surface area contributed by atoms with Crippen molar-refractivity contribution in [3.8, 4) is 0 Å². The number of ether oxygens (including phenoxy) is 1. The molecule has 5 nitrogen and oxygen atoms in total. The first-order chi connectivity index (χ1) is 12.0. The monoisotopic (exact) mass is 364 g/mol. The summed E-state index contributed by atoms with van der Waals surface area (Å²) in [5.41, 5.74) is 2.44. The summed E-state index contributed by atoms with van der Waals surface area (Å²) in [6, 6.07) is 11.4. The van der Waals surface area contributed by atoms with E-state index < -0.39 is 10.0 Å². The Bertz CT molecular complexity index is 849. The SMILES string of the molecule is Cc1ccc(S(=O)(=O)N2CCOCC2)cc1NCc1cccc(F)c1. The molecular formula is C18H21FN2O3S. The van der Waals surface area contributed by atoms with Crippen LogP contribution in [0.1, 0.15) is 11.1 Å². The van der Waals surface area contributed by atoms with Crippen LogP contribution in [-0.4, -0.2) is 39.0 Å². The quantitative estimate of drug-likeness (QED) is 0.886. The summed E-state index contributed by atoms with van der Waals surface area (Å²) in [7, 11) is -3.54. The van der Waals surface area contributed by atoms with Gasteiger partial charge in [-0.1, -0.05) is 18.2 Å². The summed E-state index contributed by atoms with van der Waals surface area (Å²) in [4.78, 5) is 0.252. The standard InChI is InChI=1S/C18H21FN2O3S/c1-14-5-6-17(25(22,23)21-7-9-24-10-8-21)12-18(14)20-13-15-3-2-4-16(19)11-15/h2-6,11-12,20H,7-10,13H2,1H3. The molecule has 25 heavy (non-hydrogen) atoms. The molecule has 0 aliphatic carbocycles. The van der Waals surface area contributed by atoms with Gasteiger partial charge < -0.3 is 10.1 Å². The molecule has 1 heterocycles. The lowest BCUT2D eigenvalue weighted by Crippen LogP contribution is -2.40. The highest BCUT2D eigenvalue weighted by atomic mass is 32.2. The Labute approximate surface area is 147 Å². The molecule has 0 amide bonds. The van der Waals surface area contributed by atoms with E-state index in [2.05, 4.69) is 5.32 Å². The van der Waals surface area contributed by atoms with Crippen LogP contribution in [0, 0.1) is 12.7 Å². The van der Waals surface area contributed by atoms with Crippen molar-refractivity contribution in [1.82, 2.24) is 4.31 Å². The van der Waals surface area contributed by atoms with E-state index in [0.29, 0.717) is 32.8 Å². The number of nitrogens with zero attached hydrogens (tertiary/aromatic N) is 1. The van der Waals surface area contributed by atoms with Gasteiger partial charge in [-0.15, -0.1) is 0 Å².